The van der Waals surface area contributed by atoms with Gasteiger partial charge in [0, 0.05) is 40.3 Å². The van der Waals surface area contributed by atoms with Gasteiger partial charge < -0.3 is 15.3 Å². The van der Waals surface area contributed by atoms with Crippen molar-refractivity contribution >= 4 is 27.5 Å². The molecule has 4 nitrogen and oxygen atoms in total. The summed E-state index contributed by atoms with van der Waals surface area (Å²) in [6.07, 6.45) is 7.36. The van der Waals surface area contributed by atoms with Crippen LogP contribution in [-0.2, 0) is 0 Å². The number of anilines is 1. The van der Waals surface area contributed by atoms with Crippen LogP contribution in [0.3, 0.4) is 0 Å². The van der Waals surface area contributed by atoms with E-state index in [-0.39, 0.29) is 17.9 Å². The Bertz CT molecular complexity index is 966. The maximum atomic E-state index is 13.1. The second-order valence-corrected chi connectivity index (χ2v) is 9.19. The van der Waals surface area contributed by atoms with Crippen LogP contribution in [0.5, 0.6) is 5.75 Å². The Morgan fingerprint density at radius 2 is 1.90 bits per heavy atom. The first-order chi connectivity index (χ1) is 14.5. The lowest BCUT2D eigenvalue weighted by molar-refractivity contribution is 0.0755. The van der Waals surface area contributed by atoms with Gasteiger partial charge in [0.05, 0.1) is 6.04 Å². The Balaban J connectivity index is 1.68. The molecule has 158 valence electrons. The van der Waals surface area contributed by atoms with Gasteiger partial charge in [0.1, 0.15) is 5.75 Å². The molecule has 30 heavy (non-hydrogen) atoms. The molecule has 2 aromatic rings. The lowest BCUT2D eigenvalue weighted by Crippen LogP contribution is -2.33. The highest BCUT2D eigenvalue weighted by Gasteiger charge is 2.39. The summed E-state index contributed by atoms with van der Waals surface area (Å²) in [5, 5.41) is 14.2. The van der Waals surface area contributed by atoms with E-state index in [9.17, 15) is 9.90 Å². The minimum atomic E-state index is 0.0215. The summed E-state index contributed by atoms with van der Waals surface area (Å²) in [6.45, 7) is 5.80. The Hall–Kier alpha value is -2.27. The number of nitrogens with zero attached hydrogens (tertiary/aromatic N) is 1. The van der Waals surface area contributed by atoms with Crippen LogP contribution in [0.15, 0.2) is 53.0 Å². The van der Waals surface area contributed by atoms with Crippen LogP contribution >= 0.6 is 15.9 Å². The van der Waals surface area contributed by atoms with Gasteiger partial charge in [0.25, 0.3) is 5.91 Å². The molecule has 2 aliphatic rings. The molecule has 0 saturated heterocycles. The summed E-state index contributed by atoms with van der Waals surface area (Å²) < 4.78 is 0.957. The predicted molar refractivity (Wildman–Crippen MR) is 125 cm³/mol. The van der Waals surface area contributed by atoms with Crippen molar-refractivity contribution in [1.29, 1.82) is 0 Å². The van der Waals surface area contributed by atoms with Crippen LogP contribution in [0.4, 0.5) is 5.69 Å². The number of carbonyl (C=O) groups is 1. The number of halogens is 1. The average Bonchev–Trinajstić information content (AvgIpc) is 3.24. The van der Waals surface area contributed by atoms with E-state index < -0.39 is 0 Å². The van der Waals surface area contributed by atoms with E-state index in [1.807, 2.05) is 29.2 Å². The third-order valence-corrected chi connectivity index (χ3v) is 6.70. The van der Waals surface area contributed by atoms with Gasteiger partial charge in [-0.05, 0) is 67.1 Å². The molecule has 0 spiro atoms. The molecule has 1 aliphatic carbocycles. The smallest absolute Gasteiger partial charge is 0.253 e. The molecule has 0 radical (unpaired) electrons. The van der Waals surface area contributed by atoms with Gasteiger partial charge in [0.15, 0.2) is 0 Å². The van der Waals surface area contributed by atoms with Gasteiger partial charge in [-0.15, -0.1) is 0 Å². The third-order valence-electron chi connectivity index (χ3n) is 6.21. The molecule has 1 aliphatic heterocycles. The van der Waals surface area contributed by atoms with Gasteiger partial charge >= 0.3 is 0 Å². The highest BCUT2D eigenvalue weighted by atomic mass is 79.9. The Morgan fingerprint density at radius 3 is 2.63 bits per heavy atom. The van der Waals surface area contributed by atoms with Crippen LogP contribution in [0.2, 0.25) is 0 Å². The summed E-state index contributed by atoms with van der Waals surface area (Å²) in [4.78, 5) is 15.1. The van der Waals surface area contributed by atoms with Crippen molar-refractivity contribution in [2.24, 2.45) is 5.92 Å². The van der Waals surface area contributed by atoms with Crippen molar-refractivity contribution in [2.75, 3.05) is 18.4 Å². The Morgan fingerprint density at radius 1 is 1.13 bits per heavy atom. The standard InChI is InChI=1S/C25H29BrN2O2/c1-3-12-28(13-4-2)25(30)16-8-10-22-20(14-16)18-6-5-7-19(18)24(27-22)21-15-17(26)9-11-23(21)29/h5-6,8-11,14-15,18-19,24,27,29H,3-4,7,12-13H2,1-2H3. The topological polar surface area (TPSA) is 52.6 Å². The van der Waals surface area contributed by atoms with Crippen molar-refractivity contribution in [3.63, 3.8) is 0 Å². The van der Waals surface area contributed by atoms with E-state index in [1.165, 1.54) is 5.56 Å². The number of hydrogen-bond donors (Lipinski definition) is 2. The fourth-order valence-corrected chi connectivity index (χ4v) is 5.23. The van der Waals surface area contributed by atoms with Crippen molar-refractivity contribution in [3.8, 4) is 5.75 Å². The molecule has 1 amide bonds. The van der Waals surface area contributed by atoms with E-state index in [0.717, 1.165) is 53.6 Å². The minimum absolute atomic E-state index is 0.0215. The van der Waals surface area contributed by atoms with E-state index in [2.05, 4.69) is 53.3 Å². The fourth-order valence-electron chi connectivity index (χ4n) is 4.85. The highest BCUT2D eigenvalue weighted by molar-refractivity contribution is 9.10. The molecule has 0 bridgehead atoms. The SMILES string of the molecule is CCCN(CCC)C(=O)c1ccc2c(c1)C1C=CCC1C(c1cc(Br)ccc1O)N2. The Kier molecular flexibility index (Phi) is 6.19. The summed E-state index contributed by atoms with van der Waals surface area (Å²) in [5.74, 6) is 0.978. The lowest BCUT2D eigenvalue weighted by atomic mass is 9.76. The number of allylic oxidation sites excluding steroid dienone is 2. The lowest BCUT2D eigenvalue weighted by Gasteiger charge is -2.38. The second-order valence-electron chi connectivity index (χ2n) is 8.27. The number of fused-ring (bicyclic) bond motifs is 3. The molecule has 5 heteroatoms. The molecule has 2 aromatic carbocycles. The van der Waals surface area contributed by atoms with Crippen molar-refractivity contribution in [1.82, 2.24) is 4.90 Å². The zero-order chi connectivity index (χ0) is 21.3. The normalized spacial score (nSPS) is 21.6. The molecular formula is C25H29BrN2O2. The fraction of sp³-hybridized carbons (Fsp3) is 0.400. The van der Waals surface area contributed by atoms with Crippen LogP contribution in [0, 0.1) is 5.92 Å². The van der Waals surface area contributed by atoms with Gasteiger partial charge in [-0.25, -0.2) is 0 Å². The summed E-state index contributed by atoms with van der Waals surface area (Å²) in [6, 6.07) is 11.7. The monoisotopic (exact) mass is 468 g/mol. The maximum Gasteiger partial charge on any atom is 0.253 e. The number of rotatable bonds is 6. The summed E-state index contributed by atoms with van der Waals surface area (Å²) in [5.41, 5.74) is 3.89. The Labute approximate surface area is 187 Å². The molecule has 3 atom stereocenters. The molecule has 0 aromatic heterocycles. The maximum absolute atomic E-state index is 13.1. The average molecular weight is 469 g/mol. The number of phenolic OH excluding ortho intramolecular Hbond substituents is 1. The molecule has 1 heterocycles. The third kappa shape index (κ3) is 3.87. The number of nitrogens with one attached hydrogen (secondary N) is 1. The summed E-state index contributed by atoms with van der Waals surface area (Å²) >= 11 is 3.53. The van der Waals surface area contributed by atoms with Crippen LogP contribution in [0.1, 0.15) is 66.6 Å². The van der Waals surface area contributed by atoms with E-state index >= 15 is 0 Å². The highest BCUT2D eigenvalue weighted by Crippen LogP contribution is 2.51. The van der Waals surface area contributed by atoms with Crippen molar-refractivity contribution in [2.45, 2.75) is 45.1 Å². The van der Waals surface area contributed by atoms with Crippen molar-refractivity contribution in [3.05, 3.63) is 69.7 Å². The first kappa shape index (κ1) is 21.0. The minimum Gasteiger partial charge on any atom is -0.508 e. The van der Waals surface area contributed by atoms with Crippen LogP contribution in [0.25, 0.3) is 0 Å². The number of benzene rings is 2. The van der Waals surface area contributed by atoms with Gasteiger partial charge in [-0.1, -0.05) is 41.9 Å². The molecule has 3 unspecified atom stereocenters. The van der Waals surface area contributed by atoms with E-state index in [0.29, 0.717) is 11.7 Å². The quantitative estimate of drug-likeness (QED) is 0.493. The van der Waals surface area contributed by atoms with Crippen molar-refractivity contribution < 1.29 is 9.90 Å². The van der Waals surface area contributed by atoms with E-state index in [1.54, 1.807) is 6.07 Å². The predicted octanol–water partition coefficient (Wildman–Crippen LogP) is 6.24. The molecule has 2 N–H and O–H groups in total. The largest absolute Gasteiger partial charge is 0.508 e. The zero-order valence-electron chi connectivity index (χ0n) is 17.6. The van der Waals surface area contributed by atoms with Crippen LogP contribution in [-0.4, -0.2) is 29.0 Å². The number of phenols is 1. The second kappa shape index (κ2) is 8.84. The number of hydrogen-bond acceptors (Lipinski definition) is 3. The number of aromatic hydroxyl groups is 1. The number of carbonyl (C=O) groups excluding carboxylic acids is 1. The van der Waals surface area contributed by atoms with Gasteiger partial charge in [-0.3, -0.25) is 4.79 Å². The van der Waals surface area contributed by atoms with Crippen LogP contribution < -0.4 is 5.32 Å². The molecule has 0 saturated carbocycles. The first-order valence-corrected chi connectivity index (χ1v) is 11.7. The van der Waals surface area contributed by atoms with Gasteiger partial charge in [0.2, 0.25) is 0 Å². The number of amides is 1. The summed E-state index contributed by atoms with van der Waals surface area (Å²) in [7, 11) is 0. The zero-order valence-corrected chi connectivity index (χ0v) is 19.2. The molecule has 0 fully saturated rings. The van der Waals surface area contributed by atoms with Gasteiger partial charge in [-0.2, -0.15) is 0 Å². The first-order valence-electron chi connectivity index (χ1n) is 10.9. The molecule has 4 rings (SSSR count). The van der Waals surface area contributed by atoms with E-state index in [4.69, 9.17) is 0 Å². The molecular weight excluding hydrogens is 440 g/mol.